The Balaban J connectivity index is 1.48. The van der Waals surface area contributed by atoms with Crippen molar-refractivity contribution in [2.24, 2.45) is 11.5 Å². The van der Waals surface area contributed by atoms with E-state index in [1.165, 1.54) is 0 Å². The highest BCUT2D eigenvalue weighted by atomic mass is 35.5. The van der Waals surface area contributed by atoms with Gasteiger partial charge in [-0.05, 0) is 47.7 Å². The van der Waals surface area contributed by atoms with Crippen LogP contribution in [0.3, 0.4) is 0 Å². The van der Waals surface area contributed by atoms with Gasteiger partial charge in [-0.1, -0.05) is 71.9 Å². The molecular formula is C25H25ClN4OS. The molecule has 1 saturated carbocycles. The molecule has 5 N–H and O–H groups in total. The van der Waals surface area contributed by atoms with Gasteiger partial charge in [0.25, 0.3) is 0 Å². The Kier molecular flexibility index (Phi) is 5.63. The molecule has 0 spiro atoms. The highest BCUT2D eigenvalue weighted by Gasteiger charge is 2.52. The first-order chi connectivity index (χ1) is 15.6. The zero-order valence-electron chi connectivity index (χ0n) is 17.6. The third-order valence-electron chi connectivity index (χ3n) is 6.31. The van der Waals surface area contributed by atoms with Crippen LogP contribution in [0.4, 0.5) is 11.4 Å². The Hall–Kier alpha value is -2.51. The predicted molar refractivity (Wildman–Crippen MR) is 131 cm³/mol. The molecule has 1 unspecified atom stereocenters. The zero-order chi connectivity index (χ0) is 22.3. The second-order valence-electron chi connectivity index (χ2n) is 8.22. The lowest BCUT2D eigenvalue weighted by Crippen LogP contribution is -2.46. The number of halogens is 1. The van der Waals surface area contributed by atoms with Gasteiger partial charge in [-0.15, -0.1) is 0 Å². The third-order valence-corrected chi connectivity index (χ3v) is 7.77. The minimum absolute atomic E-state index is 0.0367. The summed E-state index contributed by atoms with van der Waals surface area (Å²) in [5, 5.41) is 3.92. The number of nitrogens with zero attached hydrogens (tertiary/aromatic N) is 1. The van der Waals surface area contributed by atoms with E-state index >= 15 is 0 Å². The summed E-state index contributed by atoms with van der Waals surface area (Å²) in [6.07, 6.45) is 1.68. The number of hydrogen-bond donors (Lipinski definition) is 3. The number of benzene rings is 3. The van der Waals surface area contributed by atoms with Crippen molar-refractivity contribution in [1.29, 1.82) is 0 Å². The first-order valence-electron chi connectivity index (χ1n) is 10.7. The van der Waals surface area contributed by atoms with Gasteiger partial charge in [0.2, 0.25) is 5.91 Å². The van der Waals surface area contributed by atoms with E-state index in [0.717, 1.165) is 45.8 Å². The van der Waals surface area contributed by atoms with Gasteiger partial charge in [0.1, 0.15) is 0 Å². The highest BCUT2D eigenvalue weighted by Crippen LogP contribution is 2.52. The molecule has 1 fully saturated rings. The van der Waals surface area contributed by atoms with E-state index in [9.17, 15) is 4.79 Å². The molecule has 7 heteroatoms. The summed E-state index contributed by atoms with van der Waals surface area (Å²) in [4.78, 5) is 16.8. The molecule has 5 nitrogen and oxygen atoms in total. The fourth-order valence-electron chi connectivity index (χ4n) is 4.36. The molecule has 1 heterocycles. The number of anilines is 2. The maximum atomic E-state index is 13.6. The van der Waals surface area contributed by atoms with E-state index in [0.29, 0.717) is 18.1 Å². The van der Waals surface area contributed by atoms with E-state index < -0.39 is 5.41 Å². The Labute approximate surface area is 197 Å². The normalized spacial score (nSPS) is 18.3. The summed E-state index contributed by atoms with van der Waals surface area (Å²) >= 11 is 8.27. The van der Waals surface area contributed by atoms with E-state index in [-0.39, 0.29) is 11.4 Å². The zero-order valence-corrected chi connectivity index (χ0v) is 19.1. The van der Waals surface area contributed by atoms with E-state index in [1.54, 1.807) is 11.8 Å². The smallest absolute Gasteiger partial charge is 0.232 e. The molecule has 5 rings (SSSR count). The minimum atomic E-state index is -0.481. The maximum absolute atomic E-state index is 13.6. The number of nitrogens with one attached hydrogen (secondary N) is 1. The largest absolute Gasteiger partial charge is 0.326 e. The summed E-state index contributed by atoms with van der Waals surface area (Å²) in [6.45, 7) is 0.851. The first kappa shape index (κ1) is 21.3. The van der Waals surface area contributed by atoms with Crippen LogP contribution in [-0.2, 0) is 23.3 Å². The number of carbonyl (C=O) groups is 1. The Bertz CT molecular complexity index is 1160. The van der Waals surface area contributed by atoms with Crippen molar-refractivity contribution < 1.29 is 4.79 Å². The van der Waals surface area contributed by atoms with Gasteiger partial charge >= 0.3 is 0 Å². The molecule has 3 aromatic rings. The number of nitrogens with two attached hydrogens (primary N) is 2. The molecule has 1 amide bonds. The van der Waals surface area contributed by atoms with Crippen molar-refractivity contribution in [3.63, 3.8) is 0 Å². The number of para-hydroxylation sites is 2. The molecule has 0 saturated heterocycles. The lowest BCUT2D eigenvalue weighted by molar-refractivity contribution is -0.123. The van der Waals surface area contributed by atoms with Crippen molar-refractivity contribution in [2.45, 2.75) is 41.7 Å². The molecule has 164 valence electrons. The standard InChI is InChI=1S/C25H25ClN4OS/c26-19-5-3-4-17(15-28)22(19)30-20-6-1-2-7-21(20)32-24(30)29-23(31)25(12-13-25)18-10-8-16(14-27)9-11-18/h1-11,24H,12-15,27-28H2,(H,29,31). The maximum Gasteiger partial charge on any atom is 0.232 e. The summed E-state index contributed by atoms with van der Waals surface area (Å²) in [7, 11) is 0. The van der Waals surface area contributed by atoms with E-state index in [1.807, 2.05) is 54.6 Å². The van der Waals surface area contributed by atoms with Crippen molar-refractivity contribution in [3.8, 4) is 0 Å². The number of hydrogen-bond acceptors (Lipinski definition) is 5. The van der Waals surface area contributed by atoms with Crippen molar-refractivity contribution in [1.82, 2.24) is 5.32 Å². The van der Waals surface area contributed by atoms with Crippen LogP contribution < -0.4 is 21.7 Å². The number of amides is 1. The summed E-state index contributed by atoms with van der Waals surface area (Å²) in [5.74, 6) is 0.0367. The Morgan fingerprint density at radius 2 is 1.78 bits per heavy atom. The van der Waals surface area contributed by atoms with E-state index in [2.05, 4.69) is 22.3 Å². The fraction of sp³-hybridized carbons (Fsp3) is 0.240. The first-order valence-corrected chi connectivity index (χ1v) is 12.0. The van der Waals surface area contributed by atoms with Crippen LogP contribution in [0.25, 0.3) is 0 Å². The number of rotatable bonds is 6. The average Bonchev–Trinajstić information content (AvgIpc) is 3.56. The quantitative estimate of drug-likeness (QED) is 0.495. The Morgan fingerprint density at radius 3 is 2.47 bits per heavy atom. The number of carbonyl (C=O) groups excluding carboxylic acids is 1. The van der Waals surface area contributed by atoms with Crippen LogP contribution in [0.15, 0.2) is 71.6 Å². The molecule has 3 aromatic carbocycles. The van der Waals surface area contributed by atoms with Crippen molar-refractivity contribution in [2.75, 3.05) is 4.90 Å². The number of thioether (sulfide) groups is 1. The fourth-order valence-corrected chi connectivity index (χ4v) is 5.82. The minimum Gasteiger partial charge on any atom is -0.326 e. The monoisotopic (exact) mass is 464 g/mol. The average molecular weight is 465 g/mol. The summed E-state index contributed by atoms with van der Waals surface area (Å²) in [5.41, 5.74) is 15.9. The van der Waals surface area contributed by atoms with Crippen molar-refractivity contribution in [3.05, 3.63) is 88.4 Å². The van der Waals surface area contributed by atoms with Crippen LogP contribution in [0.2, 0.25) is 5.02 Å². The van der Waals surface area contributed by atoms with Crippen molar-refractivity contribution >= 4 is 40.6 Å². The molecule has 1 atom stereocenters. The van der Waals surface area contributed by atoms with Crippen LogP contribution in [0.5, 0.6) is 0 Å². The predicted octanol–water partition coefficient (Wildman–Crippen LogP) is 4.63. The third kappa shape index (κ3) is 3.57. The van der Waals surface area contributed by atoms with Gasteiger partial charge in [0.05, 0.1) is 21.8 Å². The lowest BCUT2D eigenvalue weighted by Gasteiger charge is -2.31. The molecule has 0 bridgehead atoms. The molecule has 0 radical (unpaired) electrons. The number of fused-ring (bicyclic) bond motifs is 1. The molecule has 1 aliphatic heterocycles. The molecule has 0 aromatic heterocycles. The van der Waals surface area contributed by atoms with E-state index in [4.69, 9.17) is 23.1 Å². The van der Waals surface area contributed by atoms with Gasteiger partial charge in [-0.3, -0.25) is 4.79 Å². The lowest BCUT2D eigenvalue weighted by atomic mass is 9.94. The van der Waals surface area contributed by atoms with Crippen LogP contribution in [0, 0.1) is 0 Å². The van der Waals surface area contributed by atoms with Crippen LogP contribution >= 0.6 is 23.4 Å². The van der Waals surface area contributed by atoms with Crippen LogP contribution in [-0.4, -0.2) is 11.4 Å². The molecule has 1 aliphatic carbocycles. The van der Waals surface area contributed by atoms with Gasteiger partial charge in [0.15, 0.2) is 5.50 Å². The molecule has 2 aliphatic rings. The van der Waals surface area contributed by atoms with Gasteiger partial charge in [0, 0.05) is 18.0 Å². The second kappa shape index (κ2) is 8.45. The van der Waals surface area contributed by atoms with Gasteiger partial charge in [-0.2, -0.15) is 0 Å². The summed E-state index contributed by atoms with van der Waals surface area (Å²) < 4.78 is 0. The molecular weight excluding hydrogens is 440 g/mol. The van der Waals surface area contributed by atoms with Gasteiger partial charge < -0.3 is 21.7 Å². The highest BCUT2D eigenvalue weighted by molar-refractivity contribution is 8.00. The molecule has 32 heavy (non-hydrogen) atoms. The summed E-state index contributed by atoms with van der Waals surface area (Å²) in [6, 6.07) is 21.9. The topological polar surface area (TPSA) is 84.4 Å². The SMILES string of the molecule is NCc1ccc(C2(C(=O)NC3Sc4ccccc4N3c3c(Cl)cccc3CN)CC2)cc1. The second-order valence-corrected chi connectivity index (χ2v) is 9.75. The van der Waals surface area contributed by atoms with Crippen LogP contribution in [0.1, 0.15) is 29.5 Å². The Morgan fingerprint density at radius 1 is 1.03 bits per heavy atom. The van der Waals surface area contributed by atoms with Gasteiger partial charge in [-0.25, -0.2) is 0 Å².